The van der Waals surface area contributed by atoms with Gasteiger partial charge in [0.25, 0.3) is 5.91 Å². The maximum absolute atomic E-state index is 12.6. The number of fused-ring (bicyclic) bond motifs is 1. The molecule has 2 N–H and O–H groups in total. The van der Waals surface area contributed by atoms with Gasteiger partial charge < -0.3 is 10.6 Å². The van der Waals surface area contributed by atoms with Crippen molar-refractivity contribution < 1.29 is 7.65 Å². The van der Waals surface area contributed by atoms with Crippen LogP contribution in [0, 0.1) is 6.92 Å². The quantitative estimate of drug-likeness (QED) is 0.247. The maximum Gasteiger partial charge on any atom is 0.255 e. The average Bonchev–Trinajstić information content (AvgIpc) is 3.50. The number of rotatable bonds is 6. The van der Waals surface area contributed by atoms with E-state index in [1.807, 2.05) is 81.7 Å². The molecule has 1 aliphatic carbocycles. The Kier molecular flexibility index (Phi) is 6.82. The van der Waals surface area contributed by atoms with E-state index in [2.05, 4.69) is 38.3 Å². The third-order valence-electron chi connectivity index (χ3n) is 6.13. The fourth-order valence-corrected chi connectivity index (χ4v) is 4.96. The topological polar surface area (TPSA) is 71.3 Å². The monoisotopic (exact) mass is 499 g/mol. The molecule has 2 aromatic carbocycles. The van der Waals surface area contributed by atoms with Crippen LogP contribution in [-0.2, 0) is 0 Å². The van der Waals surface area contributed by atoms with Gasteiger partial charge in [0.15, 0.2) is 5.13 Å². The fourth-order valence-electron chi connectivity index (χ4n) is 4.11. The molecule has 0 atom stereocenters. The lowest BCUT2D eigenvalue weighted by Crippen LogP contribution is -2.12. The summed E-state index contributed by atoms with van der Waals surface area (Å²) in [5, 5.41) is 7.10. The number of hydrogen-bond donors (Lipinski definition) is 2. The predicted molar refractivity (Wildman–Crippen MR) is 153 cm³/mol. The molecule has 186 valence electrons. The smallest absolute Gasteiger partial charge is 0.255 e. The number of aromatic nitrogens is 3. The van der Waals surface area contributed by atoms with E-state index in [-0.39, 0.29) is 8.76 Å². The van der Waals surface area contributed by atoms with Gasteiger partial charge in [-0.1, -0.05) is 49.4 Å². The first-order chi connectivity index (χ1) is 17.7. The zero-order valence-corrected chi connectivity index (χ0v) is 21.5. The third-order valence-corrected chi connectivity index (χ3v) is 7.07. The van der Waals surface area contributed by atoms with Crippen molar-refractivity contribution >= 4 is 39.4 Å². The second-order valence-electron chi connectivity index (χ2n) is 8.58. The number of amides is 1. The van der Waals surface area contributed by atoms with Crippen LogP contribution >= 0.6 is 11.3 Å². The highest BCUT2D eigenvalue weighted by Gasteiger charge is 2.26. The highest BCUT2D eigenvalue weighted by atomic mass is 32.1. The minimum absolute atomic E-state index is 0. The van der Waals surface area contributed by atoms with Crippen LogP contribution in [0.5, 0.6) is 0 Å². The summed E-state index contributed by atoms with van der Waals surface area (Å²) in [5.41, 5.74) is 6.76. The number of benzene rings is 2. The molecular weight excluding hydrogens is 466 g/mol. The molecule has 7 heteroatoms. The Balaban J connectivity index is 0.000000978. The Hall–Kier alpha value is -3.97. The van der Waals surface area contributed by atoms with Crippen molar-refractivity contribution in [3.8, 4) is 10.6 Å². The highest BCUT2D eigenvalue weighted by Crippen LogP contribution is 2.42. The lowest BCUT2D eigenvalue weighted by atomic mass is 10.1. The second kappa shape index (κ2) is 10.3. The summed E-state index contributed by atoms with van der Waals surface area (Å²) in [6.07, 6.45) is 8.38. The van der Waals surface area contributed by atoms with Crippen molar-refractivity contribution in [2.24, 2.45) is 0 Å². The minimum Gasteiger partial charge on any atom is -0.332 e. The number of nitrogens with one attached hydrogen (secondary N) is 2. The summed E-state index contributed by atoms with van der Waals surface area (Å²) >= 11 is 1.58. The Morgan fingerprint density at radius 3 is 2.53 bits per heavy atom. The first-order valence-electron chi connectivity index (χ1n) is 12.3. The Morgan fingerprint density at radius 2 is 1.78 bits per heavy atom. The largest absolute Gasteiger partial charge is 0.332 e. The SMILES string of the molecule is CC.Cc1ccccc1NC(=O)c1ccc(Nc2ncc(-c3cnc4c(C5CC5)cccn34)s2)cc1.[HH].[HH]. The maximum atomic E-state index is 12.6. The number of carbonyl (C=O) groups is 1. The summed E-state index contributed by atoms with van der Waals surface area (Å²) < 4.78 is 2.16. The summed E-state index contributed by atoms with van der Waals surface area (Å²) in [4.78, 5) is 22.9. The van der Waals surface area contributed by atoms with Gasteiger partial charge in [-0.2, -0.15) is 0 Å². The van der Waals surface area contributed by atoms with E-state index in [0.29, 0.717) is 11.5 Å². The lowest BCUT2D eigenvalue weighted by Gasteiger charge is -2.09. The van der Waals surface area contributed by atoms with Crippen molar-refractivity contribution in [1.29, 1.82) is 0 Å². The molecule has 3 aromatic heterocycles. The zero-order valence-electron chi connectivity index (χ0n) is 20.7. The second-order valence-corrected chi connectivity index (χ2v) is 9.61. The van der Waals surface area contributed by atoms with Crippen LogP contribution in [0.15, 0.2) is 79.3 Å². The van der Waals surface area contributed by atoms with Gasteiger partial charge in [0, 0.05) is 32.2 Å². The molecule has 0 spiro atoms. The van der Waals surface area contributed by atoms with Crippen molar-refractivity contribution in [2.75, 3.05) is 10.6 Å². The van der Waals surface area contributed by atoms with Crippen LogP contribution in [0.1, 0.15) is 56.9 Å². The third kappa shape index (κ3) is 4.88. The highest BCUT2D eigenvalue weighted by molar-refractivity contribution is 7.18. The van der Waals surface area contributed by atoms with E-state index in [4.69, 9.17) is 4.98 Å². The average molecular weight is 500 g/mol. The number of nitrogens with zero attached hydrogens (tertiary/aromatic N) is 3. The minimum atomic E-state index is -0.129. The van der Waals surface area contributed by atoms with E-state index < -0.39 is 0 Å². The van der Waals surface area contributed by atoms with E-state index in [1.54, 1.807) is 11.3 Å². The van der Waals surface area contributed by atoms with Gasteiger partial charge in [-0.3, -0.25) is 9.20 Å². The molecule has 1 amide bonds. The molecule has 0 unspecified atom stereocenters. The number of imidazole rings is 1. The zero-order chi connectivity index (χ0) is 25.1. The number of anilines is 3. The van der Waals surface area contributed by atoms with Crippen LogP contribution in [0.25, 0.3) is 16.2 Å². The molecule has 1 fully saturated rings. The van der Waals surface area contributed by atoms with Crippen LogP contribution < -0.4 is 10.6 Å². The number of carbonyl (C=O) groups excluding carboxylic acids is 1. The van der Waals surface area contributed by atoms with Gasteiger partial charge in [0.05, 0.1) is 16.8 Å². The molecule has 1 aliphatic rings. The van der Waals surface area contributed by atoms with Gasteiger partial charge in [0.2, 0.25) is 0 Å². The number of pyridine rings is 1. The van der Waals surface area contributed by atoms with E-state index >= 15 is 0 Å². The normalized spacial score (nSPS) is 12.6. The molecule has 36 heavy (non-hydrogen) atoms. The lowest BCUT2D eigenvalue weighted by molar-refractivity contribution is 0.102. The Labute approximate surface area is 218 Å². The summed E-state index contributed by atoms with van der Waals surface area (Å²) in [6.45, 7) is 5.98. The van der Waals surface area contributed by atoms with Crippen molar-refractivity contribution in [1.82, 2.24) is 14.4 Å². The molecule has 6 nitrogen and oxygen atoms in total. The van der Waals surface area contributed by atoms with Crippen molar-refractivity contribution in [2.45, 2.75) is 39.5 Å². The number of hydrogen-bond acceptors (Lipinski definition) is 5. The first-order valence-corrected chi connectivity index (χ1v) is 13.1. The Bertz CT molecular complexity index is 1510. The van der Waals surface area contributed by atoms with Crippen LogP contribution in [-0.4, -0.2) is 20.3 Å². The van der Waals surface area contributed by atoms with Crippen molar-refractivity contribution in [3.63, 3.8) is 0 Å². The van der Waals surface area contributed by atoms with Gasteiger partial charge in [-0.15, -0.1) is 0 Å². The van der Waals surface area contributed by atoms with Gasteiger partial charge in [-0.05, 0) is 73.2 Å². The van der Waals surface area contributed by atoms with E-state index in [9.17, 15) is 4.79 Å². The molecule has 5 aromatic rings. The number of thiazole rings is 1. The van der Waals surface area contributed by atoms with Crippen LogP contribution in [0.4, 0.5) is 16.5 Å². The standard InChI is InChI=1S/C27H23N5OS.C2H6.2H2/c1-17-5-2-3-7-22(17)31-26(33)19-10-12-20(13-11-19)30-27-29-16-24(34-27)23-15-28-25-21(18-8-9-18)6-4-14-32(23)25;1-2;;/h2-7,10-16,18H,8-9H2,1H3,(H,29,30)(H,31,33);1-2H3;2*1H. The van der Waals surface area contributed by atoms with Crippen LogP contribution in [0.3, 0.4) is 0 Å². The molecule has 0 bridgehead atoms. The Morgan fingerprint density at radius 1 is 1.00 bits per heavy atom. The molecule has 0 radical (unpaired) electrons. The van der Waals surface area contributed by atoms with Gasteiger partial charge >= 0.3 is 0 Å². The molecule has 1 saturated carbocycles. The predicted octanol–water partition coefficient (Wildman–Crippen LogP) is 8.16. The summed E-state index contributed by atoms with van der Waals surface area (Å²) in [5.74, 6) is 0.523. The summed E-state index contributed by atoms with van der Waals surface area (Å²) in [6, 6.07) is 19.4. The molecule has 0 aliphatic heterocycles. The van der Waals surface area contributed by atoms with Crippen LogP contribution in [0.2, 0.25) is 0 Å². The van der Waals surface area contributed by atoms with Crippen molar-refractivity contribution in [3.05, 3.63) is 95.9 Å². The summed E-state index contributed by atoms with van der Waals surface area (Å²) in [7, 11) is 0. The van der Waals surface area contributed by atoms with E-state index in [1.165, 1.54) is 18.4 Å². The number of aryl methyl sites for hydroxylation is 1. The first kappa shape index (κ1) is 23.8. The molecule has 0 saturated heterocycles. The van der Waals surface area contributed by atoms with Gasteiger partial charge in [-0.25, -0.2) is 9.97 Å². The molecule has 3 heterocycles. The molecular formula is C29H33N5OS. The molecule has 6 rings (SSSR count). The van der Waals surface area contributed by atoms with E-state index in [0.717, 1.165) is 38.3 Å². The fraction of sp³-hybridized carbons (Fsp3) is 0.207. The van der Waals surface area contributed by atoms with Gasteiger partial charge in [0.1, 0.15) is 5.65 Å². The number of para-hydroxylation sites is 1.